The number of rotatable bonds is 7. The molecule has 0 unspecified atom stereocenters. The average molecular weight is 321 g/mol. The van der Waals surface area contributed by atoms with Gasteiger partial charge in [-0.25, -0.2) is 8.42 Å². The fourth-order valence-electron chi connectivity index (χ4n) is 1.61. The van der Waals surface area contributed by atoms with E-state index in [1.807, 2.05) is 0 Å². The van der Waals surface area contributed by atoms with Crippen molar-refractivity contribution in [2.75, 3.05) is 18.1 Å². The van der Waals surface area contributed by atoms with Crippen LogP contribution in [0, 0.1) is 0 Å². The molecule has 20 heavy (non-hydrogen) atoms. The zero-order valence-electron chi connectivity index (χ0n) is 11.0. The summed E-state index contributed by atoms with van der Waals surface area (Å²) >= 11 is 5.95. The lowest BCUT2D eigenvalue weighted by molar-refractivity contribution is 0.317. The smallest absolute Gasteiger partial charge is 0.175 e. The summed E-state index contributed by atoms with van der Waals surface area (Å²) < 4.78 is 28.5. The molecule has 0 fully saturated rings. The van der Waals surface area contributed by atoms with Gasteiger partial charge in [0.05, 0.1) is 22.1 Å². The molecule has 1 aromatic carbocycles. The SMILES string of the molecule is CCCS(=O)(=O)CCOc1cccc(Cl)c1/C(N)=N/O. The molecule has 0 aliphatic carbocycles. The first-order valence-corrected chi connectivity index (χ1v) is 8.21. The number of hydrogen-bond acceptors (Lipinski definition) is 5. The standard InChI is InChI=1S/C12H17ClN2O4S/c1-2-7-20(17,18)8-6-19-10-5-3-4-9(13)11(10)12(14)15-16/h3-5,16H,2,6-8H2,1H3,(H2,14,15). The number of oxime groups is 1. The van der Waals surface area contributed by atoms with E-state index in [1.165, 1.54) is 0 Å². The van der Waals surface area contributed by atoms with Crippen LogP contribution in [0.5, 0.6) is 5.75 Å². The summed E-state index contributed by atoms with van der Waals surface area (Å²) in [6.07, 6.45) is 0.564. The molecule has 8 heteroatoms. The number of nitrogens with two attached hydrogens (primary N) is 1. The van der Waals surface area contributed by atoms with E-state index < -0.39 is 9.84 Å². The van der Waals surface area contributed by atoms with Gasteiger partial charge < -0.3 is 15.7 Å². The zero-order chi connectivity index (χ0) is 15.2. The Bertz CT molecular complexity index is 587. The summed E-state index contributed by atoms with van der Waals surface area (Å²) in [5.74, 6) is 0.114. The minimum Gasteiger partial charge on any atom is -0.492 e. The van der Waals surface area contributed by atoms with Crippen LogP contribution in [0.4, 0.5) is 0 Å². The lowest BCUT2D eigenvalue weighted by Gasteiger charge is -2.12. The maximum atomic E-state index is 11.6. The highest BCUT2D eigenvalue weighted by molar-refractivity contribution is 7.91. The predicted molar refractivity (Wildman–Crippen MR) is 78.4 cm³/mol. The fraction of sp³-hybridized carbons (Fsp3) is 0.417. The number of halogens is 1. The number of hydrogen-bond donors (Lipinski definition) is 2. The third-order valence-electron chi connectivity index (χ3n) is 2.51. The van der Waals surface area contributed by atoms with Crippen molar-refractivity contribution in [3.05, 3.63) is 28.8 Å². The van der Waals surface area contributed by atoms with E-state index >= 15 is 0 Å². The van der Waals surface area contributed by atoms with Crippen molar-refractivity contribution < 1.29 is 18.4 Å². The minimum atomic E-state index is -3.12. The summed E-state index contributed by atoms with van der Waals surface area (Å²) in [5, 5.41) is 11.9. The molecule has 112 valence electrons. The van der Waals surface area contributed by atoms with Gasteiger partial charge in [-0.2, -0.15) is 0 Å². The van der Waals surface area contributed by atoms with Crippen molar-refractivity contribution >= 4 is 27.3 Å². The molecule has 1 rings (SSSR count). The number of benzene rings is 1. The van der Waals surface area contributed by atoms with Crippen LogP contribution in [-0.4, -0.2) is 37.6 Å². The van der Waals surface area contributed by atoms with E-state index in [-0.39, 0.29) is 40.3 Å². The van der Waals surface area contributed by atoms with Crippen LogP contribution in [0.15, 0.2) is 23.4 Å². The number of sulfone groups is 1. The zero-order valence-corrected chi connectivity index (χ0v) is 12.6. The van der Waals surface area contributed by atoms with E-state index in [9.17, 15) is 8.42 Å². The highest BCUT2D eigenvalue weighted by Gasteiger charge is 2.14. The predicted octanol–water partition coefficient (Wildman–Crippen LogP) is 1.64. The first-order chi connectivity index (χ1) is 9.41. The minimum absolute atomic E-state index is 0.0195. The largest absolute Gasteiger partial charge is 0.492 e. The van der Waals surface area contributed by atoms with E-state index in [1.54, 1.807) is 25.1 Å². The Balaban J connectivity index is 2.82. The van der Waals surface area contributed by atoms with E-state index in [4.69, 9.17) is 27.3 Å². The third kappa shape index (κ3) is 4.57. The first kappa shape index (κ1) is 16.6. The molecule has 0 aliphatic rings. The second kappa shape index (κ2) is 7.35. The summed E-state index contributed by atoms with van der Waals surface area (Å²) in [5.41, 5.74) is 5.76. The molecule has 6 nitrogen and oxygen atoms in total. The van der Waals surface area contributed by atoms with Gasteiger partial charge in [0.1, 0.15) is 12.4 Å². The topological polar surface area (TPSA) is 102 Å². The Morgan fingerprint density at radius 3 is 2.75 bits per heavy atom. The molecule has 0 spiro atoms. The van der Waals surface area contributed by atoms with Gasteiger partial charge in [0.2, 0.25) is 0 Å². The van der Waals surface area contributed by atoms with Gasteiger partial charge in [-0.15, -0.1) is 0 Å². The van der Waals surface area contributed by atoms with Gasteiger partial charge in [-0.1, -0.05) is 29.7 Å². The summed E-state index contributed by atoms with van der Waals surface area (Å²) in [4.78, 5) is 0. The second-order valence-corrected chi connectivity index (χ2v) is 6.81. The van der Waals surface area contributed by atoms with Crippen molar-refractivity contribution in [1.82, 2.24) is 0 Å². The third-order valence-corrected chi connectivity index (χ3v) is 4.64. The van der Waals surface area contributed by atoms with E-state index in [2.05, 4.69) is 5.16 Å². The summed E-state index contributed by atoms with van der Waals surface area (Å²) in [6, 6.07) is 4.77. The van der Waals surface area contributed by atoms with Crippen LogP contribution in [0.2, 0.25) is 5.02 Å². The fourth-order valence-corrected chi connectivity index (χ4v) is 3.04. The molecular formula is C12H17ClN2O4S. The maximum Gasteiger partial charge on any atom is 0.175 e. The van der Waals surface area contributed by atoms with Crippen LogP contribution in [0.3, 0.4) is 0 Å². The highest BCUT2D eigenvalue weighted by atomic mass is 35.5. The average Bonchev–Trinajstić information content (AvgIpc) is 2.37. The number of nitrogens with zero attached hydrogens (tertiary/aromatic N) is 1. The van der Waals surface area contributed by atoms with Crippen molar-refractivity contribution in [2.24, 2.45) is 10.9 Å². The Kier molecular flexibility index (Phi) is 6.09. The van der Waals surface area contributed by atoms with E-state index in [0.717, 1.165) is 0 Å². The monoisotopic (exact) mass is 320 g/mol. The number of ether oxygens (including phenoxy) is 1. The van der Waals surface area contributed by atoms with Gasteiger partial charge in [0, 0.05) is 0 Å². The summed E-state index contributed by atoms with van der Waals surface area (Å²) in [6.45, 7) is 1.78. The molecular weight excluding hydrogens is 304 g/mol. The van der Waals surface area contributed by atoms with Crippen LogP contribution in [0.25, 0.3) is 0 Å². The maximum absolute atomic E-state index is 11.6. The van der Waals surface area contributed by atoms with Gasteiger partial charge in [0.25, 0.3) is 0 Å². The van der Waals surface area contributed by atoms with Gasteiger partial charge in [-0.05, 0) is 18.6 Å². The highest BCUT2D eigenvalue weighted by Crippen LogP contribution is 2.26. The Hall–Kier alpha value is -1.47. The molecule has 0 amide bonds. The van der Waals surface area contributed by atoms with Crippen LogP contribution in [0.1, 0.15) is 18.9 Å². The molecule has 0 aliphatic heterocycles. The molecule has 0 bridgehead atoms. The molecule has 3 N–H and O–H groups in total. The van der Waals surface area contributed by atoms with Gasteiger partial charge in [-0.3, -0.25) is 0 Å². The van der Waals surface area contributed by atoms with Crippen LogP contribution >= 0.6 is 11.6 Å². The quantitative estimate of drug-likeness (QED) is 0.344. The molecule has 0 saturated carbocycles. The van der Waals surface area contributed by atoms with Crippen molar-refractivity contribution in [3.63, 3.8) is 0 Å². The lowest BCUT2D eigenvalue weighted by Crippen LogP contribution is -2.19. The Morgan fingerprint density at radius 1 is 1.45 bits per heavy atom. The Labute approximate surface area is 123 Å². The molecule has 0 saturated heterocycles. The van der Waals surface area contributed by atoms with E-state index in [0.29, 0.717) is 6.42 Å². The van der Waals surface area contributed by atoms with Gasteiger partial charge >= 0.3 is 0 Å². The molecule has 1 aromatic rings. The van der Waals surface area contributed by atoms with Crippen LogP contribution in [-0.2, 0) is 9.84 Å². The van der Waals surface area contributed by atoms with Gasteiger partial charge in [0.15, 0.2) is 15.7 Å². The Morgan fingerprint density at radius 2 is 2.15 bits per heavy atom. The first-order valence-electron chi connectivity index (χ1n) is 6.01. The lowest BCUT2D eigenvalue weighted by atomic mass is 10.2. The van der Waals surface area contributed by atoms with Crippen molar-refractivity contribution in [1.29, 1.82) is 0 Å². The molecule has 0 aromatic heterocycles. The molecule has 0 radical (unpaired) electrons. The van der Waals surface area contributed by atoms with Crippen molar-refractivity contribution in [3.8, 4) is 5.75 Å². The van der Waals surface area contributed by atoms with Crippen molar-refractivity contribution in [2.45, 2.75) is 13.3 Å². The molecule has 0 heterocycles. The van der Waals surface area contributed by atoms with Crippen LogP contribution < -0.4 is 10.5 Å². The summed E-state index contributed by atoms with van der Waals surface area (Å²) in [7, 11) is -3.12. The molecule has 0 atom stereocenters. The second-order valence-electron chi connectivity index (χ2n) is 4.10. The normalized spacial score (nSPS) is 12.4. The number of amidine groups is 1.